The molecule has 0 radical (unpaired) electrons. The highest BCUT2D eigenvalue weighted by Crippen LogP contribution is 2.37. The number of carbonyl (C=O) groups is 1. The third-order valence-electron chi connectivity index (χ3n) is 5.53. The molecule has 1 aliphatic heterocycles. The zero-order valence-corrected chi connectivity index (χ0v) is 13.9. The van der Waals surface area contributed by atoms with Gasteiger partial charge in [-0.25, -0.2) is 0 Å². The van der Waals surface area contributed by atoms with Crippen molar-refractivity contribution in [1.29, 1.82) is 0 Å². The quantitative estimate of drug-likeness (QED) is 0.729. The van der Waals surface area contributed by atoms with Gasteiger partial charge in [0.15, 0.2) is 0 Å². The van der Waals surface area contributed by atoms with Crippen LogP contribution in [0.2, 0.25) is 0 Å². The van der Waals surface area contributed by atoms with Crippen LogP contribution in [0.5, 0.6) is 0 Å². The normalized spacial score (nSPS) is 22.2. The topological polar surface area (TPSA) is 41.6 Å². The Morgan fingerprint density at radius 1 is 1.30 bits per heavy atom. The maximum atomic E-state index is 11.8. The Balaban J connectivity index is 2.46. The summed E-state index contributed by atoms with van der Waals surface area (Å²) >= 11 is 0. The molecule has 0 amide bonds. The number of hydrogen-bond acceptors (Lipinski definition) is 4. The minimum absolute atomic E-state index is 0.173. The summed E-state index contributed by atoms with van der Waals surface area (Å²) < 4.78 is 4.89. The number of likely N-dealkylation sites (tertiary alicyclic amines) is 1. The van der Waals surface area contributed by atoms with Crippen molar-refractivity contribution in [2.75, 3.05) is 33.8 Å². The largest absolute Gasteiger partial charge is 0.468 e. The van der Waals surface area contributed by atoms with E-state index in [-0.39, 0.29) is 5.97 Å². The van der Waals surface area contributed by atoms with E-state index in [0.717, 1.165) is 26.1 Å². The predicted molar refractivity (Wildman–Crippen MR) is 82.8 cm³/mol. The van der Waals surface area contributed by atoms with Gasteiger partial charge in [-0.15, -0.1) is 0 Å². The summed E-state index contributed by atoms with van der Waals surface area (Å²) in [7, 11) is 3.28. The smallest absolute Gasteiger partial charge is 0.325 e. The second kappa shape index (κ2) is 7.41. The molecule has 0 aromatic rings. The number of esters is 1. The average Bonchev–Trinajstić information content (AvgIpc) is 2.52. The van der Waals surface area contributed by atoms with Crippen LogP contribution in [-0.4, -0.2) is 50.2 Å². The summed E-state index contributed by atoms with van der Waals surface area (Å²) in [5, 5.41) is 3.11. The predicted octanol–water partition coefficient (Wildman–Crippen LogP) is 2.43. The van der Waals surface area contributed by atoms with Gasteiger partial charge in [-0.1, -0.05) is 26.7 Å². The van der Waals surface area contributed by atoms with Crippen molar-refractivity contribution < 1.29 is 9.53 Å². The number of hydrogen-bond donors (Lipinski definition) is 1. The molecule has 0 spiro atoms. The van der Waals surface area contributed by atoms with Crippen molar-refractivity contribution >= 4 is 5.97 Å². The second-order valence-electron chi connectivity index (χ2n) is 6.37. The van der Waals surface area contributed by atoms with Gasteiger partial charge in [-0.3, -0.25) is 4.79 Å². The first-order valence-corrected chi connectivity index (χ1v) is 7.95. The summed E-state index contributed by atoms with van der Waals surface area (Å²) in [6.07, 6.45) is 5.94. The fraction of sp³-hybridized carbons (Fsp3) is 0.938. The zero-order valence-electron chi connectivity index (χ0n) is 13.9. The van der Waals surface area contributed by atoms with Crippen molar-refractivity contribution in [3.05, 3.63) is 0 Å². The lowest BCUT2D eigenvalue weighted by Gasteiger charge is -2.41. The zero-order chi connectivity index (χ0) is 15.2. The Labute approximate surface area is 124 Å². The molecule has 0 aliphatic carbocycles. The van der Waals surface area contributed by atoms with Crippen LogP contribution in [0.25, 0.3) is 0 Å². The molecule has 1 fully saturated rings. The lowest BCUT2D eigenvalue weighted by molar-refractivity contribution is -0.148. The molecule has 0 aromatic carbocycles. The molecule has 0 bridgehead atoms. The van der Waals surface area contributed by atoms with Crippen LogP contribution in [-0.2, 0) is 9.53 Å². The number of nitrogens with one attached hydrogen (secondary N) is 1. The summed E-state index contributed by atoms with van der Waals surface area (Å²) in [5.74, 6) is -0.173. The summed E-state index contributed by atoms with van der Waals surface area (Å²) in [6.45, 7) is 9.81. The minimum Gasteiger partial charge on any atom is -0.468 e. The number of ether oxygens (including phenoxy) is 1. The fourth-order valence-corrected chi connectivity index (χ4v) is 3.14. The van der Waals surface area contributed by atoms with Gasteiger partial charge in [0.05, 0.1) is 7.11 Å². The molecular formula is C16H32N2O2. The lowest BCUT2D eigenvalue weighted by Crippen LogP contribution is -2.51. The first kappa shape index (κ1) is 17.4. The van der Waals surface area contributed by atoms with E-state index in [1.807, 2.05) is 14.0 Å². The van der Waals surface area contributed by atoms with Crippen molar-refractivity contribution in [3.8, 4) is 0 Å². The first-order valence-electron chi connectivity index (χ1n) is 7.95. The molecule has 1 N–H and O–H groups in total. The maximum absolute atomic E-state index is 11.8. The Bertz CT molecular complexity index is 306. The third-order valence-corrected chi connectivity index (χ3v) is 5.53. The molecule has 4 heteroatoms. The van der Waals surface area contributed by atoms with E-state index in [9.17, 15) is 4.79 Å². The van der Waals surface area contributed by atoms with Gasteiger partial charge in [0.1, 0.15) is 5.54 Å². The SMILES string of the molecule is CCC1(CC)CCN(CCC(C)(NC)C(=O)OC)CC1. The van der Waals surface area contributed by atoms with Gasteiger partial charge in [0.2, 0.25) is 0 Å². The van der Waals surface area contributed by atoms with E-state index in [1.165, 1.54) is 32.8 Å². The molecule has 0 aromatic heterocycles. The average molecular weight is 284 g/mol. The van der Waals surface area contributed by atoms with Crippen molar-refractivity contribution in [1.82, 2.24) is 10.2 Å². The monoisotopic (exact) mass is 284 g/mol. The maximum Gasteiger partial charge on any atom is 0.325 e. The van der Waals surface area contributed by atoms with Gasteiger partial charge >= 0.3 is 5.97 Å². The lowest BCUT2D eigenvalue weighted by atomic mass is 9.74. The highest BCUT2D eigenvalue weighted by Gasteiger charge is 2.35. The molecule has 0 saturated carbocycles. The van der Waals surface area contributed by atoms with Crippen LogP contribution in [0, 0.1) is 5.41 Å². The molecule has 20 heavy (non-hydrogen) atoms. The third kappa shape index (κ3) is 3.95. The van der Waals surface area contributed by atoms with Gasteiger partial charge < -0.3 is 15.0 Å². The summed E-state index contributed by atoms with van der Waals surface area (Å²) in [5.41, 5.74) is -0.00996. The van der Waals surface area contributed by atoms with Crippen molar-refractivity contribution in [3.63, 3.8) is 0 Å². The van der Waals surface area contributed by atoms with Crippen molar-refractivity contribution in [2.45, 2.75) is 58.4 Å². The van der Waals surface area contributed by atoms with Crippen LogP contribution in [0.1, 0.15) is 52.9 Å². The number of carbonyl (C=O) groups excluding carboxylic acids is 1. The first-order chi connectivity index (χ1) is 9.45. The van der Waals surface area contributed by atoms with Crippen LogP contribution in [0.4, 0.5) is 0 Å². The highest BCUT2D eigenvalue weighted by molar-refractivity contribution is 5.80. The van der Waals surface area contributed by atoms with Gasteiger partial charge in [0, 0.05) is 6.54 Å². The number of nitrogens with zero attached hydrogens (tertiary/aromatic N) is 1. The molecule has 1 aliphatic rings. The van der Waals surface area contributed by atoms with Crippen molar-refractivity contribution in [2.24, 2.45) is 5.41 Å². The number of rotatable bonds is 7. The Morgan fingerprint density at radius 3 is 2.25 bits per heavy atom. The highest BCUT2D eigenvalue weighted by atomic mass is 16.5. The van der Waals surface area contributed by atoms with E-state index in [2.05, 4.69) is 24.1 Å². The van der Waals surface area contributed by atoms with E-state index < -0.39 is 5.54 Å². The minimum atomic E-state index is -0.571. The van der Waals surface area contributed by atoms with Crippen LogP contribution < -0.4 is 5.32 Å². The summed E-state index contributed by atoms with van der Waals surface area (Å²) in [6, 6.07) is 0. The van der Waals surface area contributed by atoms with E-state index >= 15 is 0 Å². The molecular weight excluding hydrogens is 252 g/mol. The number of piperidine rings is 1. The van der Waals surface area contributed by atoms with Crippen LogP contribution >= 0.6 is 0 Å². The Hall–Kier alpha value is -0.610. The van der Waals surface area contributed by atoms with Gasteiger partial charge in [-0.05, 0) is 51.7 Å². The van der Waals surface area contributed by atoms with Gasteiger partial charge in [-0.2, -0.15) is 0 Å². The molecule has 1 rings (SSSR count). The van der Waals surface area contributed by atoms with Crippen LogP contribution in [0.15, 0.2) is 0 Å². The molecule has 4 nitrogen and oxygen atoms in total. The van der Waals surface area contributed by atoms with E-state index in [1.54, 1.807) is 0 Å². The Kier molecular flexibility index (Phi) is 6.46. The standard InChI is InChI=1S/C16H32N2O2/c1-6-16(7-2)9-12-18(13-10-16)11-8-15(3,17-4)14(19)20-5/h17H,6-13H2,1-5H3. The molecule has 1 atom stereocenters. The molecule has 118 valence electrons. The number of likely N-dealkylation sites (N-methyl/N-ethyl adjacent to an activating group) is 1. The second-order valence-corrected chi connectivity index (χ2v) is 6.37. The number of methoxy groups -OCH3 is 1. The molecule has 1 saturated heterocycles. The summed E-state index contributed by atoms with van der Waals surface area (Å²) in [4.78, 5) is 14.3. The van der Waals surface area contributed by atoms with E-state index in [4.69, 9.17) is 4.74 Å². The molecule has 1 unspecified atom stereocenters. The van der Waals surface area contributed by atoms with Gasteiger partial charge in [0.25, 0.3) is 0 Å². The Morgan fingerprint density at radius 2 is 1.85 bits per heavy atom. The van der Waals surface area contributed by atoms with E-state index in [0.29, 0.717) is 5.41 Å². The molecule has 1 heterocycles. The van der Waals surface area contributed by atoms with Crippen LogP contribution in [0.3, 0.4) is 0 Å². The fourth-order valence-electron chi connectivity index (χ4n) is 3.14.